The normalized spacial score (nSPS) is 10.3. The number of aryl methyl sites for hydroxylation is 1. The standard InChI is InChI=1S/C14H14ClFN2/c15-6-5-11-1-3-14(4-2-11)18-9-12-7-13(16)10-17-8-12/h1-4,7-8,10,18H,5-6,9H2. The lowest BCUT2D eigenvalue weighted by atomic mass is 10.1. The van der Waals surface area contributed by atoms with Crippen LogP contribution in [0.2, 0.25) is 0 Å². The molecule has 1 aromatic heterocycles. The van der Waals surface area contributed by atoms with E-state index in [0.29, 0.717) is 12.4 Å². The van der Waals surface area contributed by atoms with E-state index >= 15 is 0 Å². The van der Waals surface area contributed by atoms with Crippen LogP contribution in [-0.4, -0.2) is 10.9 Å². The van der Waals surface area contributed by atoms with Crippen LogP contribution in [0.1, 0.15) is 11.1 Å². The van der Waals surface area contributed by atoms with Crippen LogP contribution in [0, 0.1) is 5.82 Å². The first-order chi connectivity index (χ1) is 8.78. The third kappa shape index (κ3) is 3.70. The van der Waals surface area contributed by atoms with Crippen molar-refractivity contribution in [3.8, 4) is 0 Å². The maximum atomic E-state index is 12.9. The molecule has 2 aromatic rings. The number of nitrogens with zero attached hydrogens (tertiary/aromatic N) is 1. The molecule has 0 atom stereocenters. The second kappa shape index (κ2) is 6.36. The zero-order valence-corrected chi connectivity index (χ0v) is 10.6. The first-order valence-corrected chi connectivity index (χ1v) is 6.29. The van der Waals surface area contributed by atoms with Gasteiger partial charge in [0.25, 0.3) is 0 Å². The summed E-state index contributed by atoms with van der Waals surface area (Å²) in [5.41, 5.74) is 3.03. The van der Waals surface area contributed by atoms with Gasteiger partial charge in [0.1, 0.15) is 5.82 Å². The van der Waals surface area contributed by atoms with Gasteiger partial charge in [0.15, 0.2) is 0 Å². The predicted molar refractivity (Wildman–Crippen MR) is 72.4 cm³/mol. The summed E-state index contributed by atoms with van der Waals surface area (Å²) in [7, 11) is 0. The average Bonchev–Trinajstić information content (AvgIpc) is 2.38. The summed E-state index contributed by atoms with van der Waals surface area (Å²) in [5, 5.41) is 3.22. The number of nitrogens with one attached hydrogen (secondary N) is 1. The summed E-state index contributed by atoms with van der Waals surface area (Å²) in [6.07, 6.45) is 3.72. The fourth-order valence-electron chi connectivity index (χ4n) is 1.66. The van der Waals surface area contributed by atoms with E-state index in [0.717, 1.165) is 17.7 Å². The van der Waals surface area contributed by atoms with Crippen LogP contribution in [0.3, 0.4) is 0 Å². The Bertz CT molecular complexity index is 499. The highest BCUT2D eigenvalue weighted by Gasteiger charge is 1.97. The van der Waals surface area contributed by atoms with Crippen molar-refractivity contribution >= 4 is 17.3 Å². The van der Waals surface area contributed by atoms with Gasteiger partial charge in [0.05, 0.1) is 6.20 Å². The van der Waals surface area contributed by atoms with Crippen LogP contribution in [-0.2, 0) is 13.0 Å². The maximum absolute atomic E-state index is 12.9. The molecule has 0 saturated heterocycles. The molecule has 0 amide bonds. The van der Waals surface area contributed by atoms with Gasteiger partial charge in [-0.3, -0.25) is 4.98 Å². The molecule has 0 aliphatic heterocycles. The molecule has 18 heavy (non-hydrogen) atoms. The Labute approximate surface area is 111 Å². The Hall–Kier alpha value is -1.61. The molecule has 0 aliphatic carbocycles. The third-order valence-corrected chi connectivity index (χ3v) is 2.78. The molecule has 0 saturated carbocycles. The zero-order valence-electron chi connectivity index (χ0n) is 9.87. The van der Waals surface area contributed by atoms with Gasteiger partial charge >= 0.3 is 0 Å². The zero-order chi connectivity index (χ0) is 12.8. The Morgan fingerprint density at radius 2 is 1.89 bits per heavy atom. The summed E-state index contributed by atoms with van der Waals surface area (Å²) >= 11 is 5.67. The lowest BCUT2D eigenvalue weighted by molar-refractivity contribution is 0.619. The SMILES string of the molecule is Fc1cncc(CNc2ccc(CCCl)cc2)c1. The lowest BCUT2D eigenvalue weighted by Crippen LogP contribution is -2.00. The monoisotopic (exact) mass is 264 g/mol. The van der Waals surface area contributed by atoms with Crippen molar-refractivity contribution < 1.29 is 4.39 Å². The van der Waals surface area contributed by atoms with Gasteiger partial charge in [-0.25, -0.2) is 4.39 Å². The predicted octanol–water partition coefficient (Wildman–Crippen LogP) is 3.61. The number of alkyl halides is 1. The molecule has 2 nitrogen and oxygen atoms in total. The molecule has 0 radical (unpaired) electrons. The number of benzene rings is 1. The number of halogens is 2. The summed E-state index contributed by atoms with van der Waals surface area (Å²) in [4.78, 5) is 3.81. The van der Waals surface area contributed by atoms with Crippen molar-refractivity contribution in [2.24, 2.45) is 0 Å². The quantitative estimate of drug-likeness (QED) is 0.835. The summed E-state index contributed by atoms with van der Waals surface area (Å²) in [5.74, 6) is 0.314. The molecule has 0 unspecified atom stereocenters. The van der Waals surface area contributed by atoms with Crippen molar-refractivity contribution in [1.29, 1.82) is 0 Å². The van der Waals surface area contributed by atoms with Gasteiger partial charge < -0.3 is 5.32 Å². The number of aromatic nitrogens is 1. The average molecular weight is 265 g/mol. The highest BCUT2D eigenvalue weighted by Crippen LogP contribution is 2.12. The van der Waals surface area contributed by atoms with Gasteiger partial charge in [0, 0.05) is 24.3 Å². The summed E-state index contributed by atoms with van der Waals surface area (Å²) in [6, 6.07) is 9.54. The largest absolute Gasteiger partial charge is 0.381 e. The first kappa shape index (κ1) is 12.8. The fourth-order valence-corrected chi connectivity index (χ4v) is 1.87. The van der Waals surface area contributed by atoms with Crippen LogP contribution < -0.4 is 5.32 Å². The number of hydrogen-bond acceptors (Lipinski definition) is 2. The van der Waals surface area contributed by atoms with Crippen LogP contribution >= 0.6 is 11.6 Å². The highest BCUT2D eigenvalue weighted by molar-refractivity contribution is 6.17. The minimum absolute atomic E-state index is 0.313. The minimum Gasteiger partial charge on any atom is -0.381 e. The molecule has 0 bridgehead atoms. The molecule has 1 N–H and O–H groups in total. The molecular formula is C14H14ClFN2. The molecule has 94 valence electrons. The summed E-state index contributed by atoms with van der Waals surface area (Å²) < 4.78 is 12.9. The van der Waals surface area contributed by atoms with E-state index < -0.39 is 0 Å². The fraction of sp³-hybridized carbons (Fsp3) is 0.214. The molecule has 0 fully saturated rings. The van der Waals surface area contributed by atoms with Crippen LogP contribution in [0.25, 0.3) is 0 Å². The van der Waals surface area contributed by atoms with E-state index in [4.69, 9.17) is 11.6 Å². The number of pyridine rings is 1. The van der Waals surface area contributed by atoms with Crippen molar-refractivity contribution in [1.82, 2.24) is 4.98 Å². The van der Waals surface area contributed by atoms with E-state index in [2.05, 4.69) is 10.3 Å². The Morgan fingerprint density at radius 3 is 2.56 bits per heavy atom. The topological polar surface area (TPSA) is 24.9 Å². The van der Waals surface area contributed by atoms with E-state index in [-0.39, 0.29) is 5.82 Å². The third-order valence-electron chi connectivity index (χ3n) is 2.60. The Morgan fingerprint density at radius 1 is 1.11 bits per heavy atom. The van der Waals surface area contributed by atoms with Crippen molar-refractivity contribution in [2.75, 3.05) is 11.2 Å². The van der Waals surface area contributed by atoms with Crippen LogP contribution in [0.15, 0.2) is 42.7 Å². The van der Waals surface area contributed by atoms with Gasteiger partial charge in [-0.05, 0) is 35.7 Å². The molecule has 2 rings (SSSR count). The van der Waals surface area contributed by atoms with Crippen LogP contribution in [0.5, 0.6) is 0 Å². The molecule has 1 aromatic carbocycles. The van der Waals surface area contributed by atoms with Gasteiger partial charge in [0.2, 0.25) is 0 Å². The molecule has 0 spiro atoms. The van der Waals surface area contributed by atoms with E-state index in [9.17, 15) is 4.39 Å². The minimum atomic E-state index is -0.313. The Kier molecular flexibility index (Phi) is 4.53. The second-order valence-electron chi connectivity index (χ2n) is 4.00. The van der Waals surface area contributed by atoms with E-state index in [1.165, 1.54) is 17.8 Å². The highest BCUT2D eigenvalue weighted by atomic mass is 35.5. The molecular weight excluding hydrogens is 251 g/mol. The van der Waals surface area contributed by atoms with E-state index in [1.54, 1.807) is 6.20 Å². The maximum Gasteiger partial charge on any atom is 0.141 e. The number of hydrogen-bond donors (Lipinski definition) is 1. The first-order valence-electron chi connectivity index (χ1n) is 5.76. The van der Waals surface area contributed by atoms with E-state index in [1.807, 2.05) is 24.3 Å². The van der Waals surface area contributed by atoms with Gasteiger partial charge in [-0.2, -0.15) is 0 Å². The second-order valence-corrected chi connectivity index (χ2v) is 4.38. The summed E-state index contributed by atoms with van der Waals surface area (Å²) in [6.45, 7) is 0.555. The lowest BCUT2D eigenvalue weighted by Gasteiger charge is -2.07. The van der Waals surface area contributed by atoms with Crippen molar-refractivity contribution in [2.45, 2.75) is 13.0 Å². The molecule has 0 aliphatic rings. The Balaban J connectivity index is 1.93. The van der Waals surface area contributed by atoms with Gasteiger partial charge in [-0.1, -0.05) is 12.1 Å². The molecule has 4 heteroatoms. The number of rotatable bonds is 5. The van der Waals surface area contributed by atoms with Gasteiger partial charge in [-0.15, -0.1) is 11.6 Å². The van der Waals surface area contributed by atoms with Crippen molar-refractivity contribution in [3.05, 3.63) is 59.7 Å². The number of anilines is 1. The smallest absolute Gasteiger partial charge is 0.141 e. The molecule has 1 heterocycles. The van der Waals surface area contributed by atoms with Crippen LogP contribution in [0.4, 0.5) is 10.1 Å². The van der Waals surface area contributed by atoms with Crippen molar-refractivity contribution in [3.63, 3.8) is 0 Å².